The van der Waals surface area contributed by atoms with Crippen molar-refractivity contribution in [3.05, 3.63) is 77.9 Å². The summed E-state index contributed by atoms with van der Waals surface area (Å²) in [6.07, 6.45) is 9.62. The lowest BCUT2D eigenvalue weighted by molar-refractivity contribution is -0.162. The van der Waals surface area contributed by atoms with Crippen molar-refractivity contribution < 1.29 is 23.8 Å². The molecular formula is C26H29NO5. The van der Waals surface area contributed by atoms with Crippen LogP contribution in [0.15, 0.2) is 71.9 Å². The van der Waals surface area contributed by atoms with Crippen LogP contribution in [-0.4, -0.2) is 37.8 Å². The molecule has 1 unspecified atom stereocenters. The number of rotatable bonds is 10. The van der Waals surface area contributed by atoms with Crippen LogP contribution < -0.4 is 4.74 Å². The second kappa shape index (κ2) is 13.1. The molecule has 1 atom stereocenters. The summed E-state index contributed by atoms with van der Waals surface area (Å²) in [5.41, 5.74) is 1.99. The highest BCUT2D eigenvalue weighted by Crippen LogP contribution is 2.20. The number of carbonyl (C=O) groups is 1. The van der Waals surface area contributed by atoms with E-state index >= 15 is 0 Å². The van der Waals surface area contributed by atoms with E-state index in [2.05, 4.69) is 5.16 Å². The summed E-state index contributed by atoms with van der Waals surface area (Å²) in [5.74, 6) is 0.143. The Morgan fingerprint density at radius 3 is 2.69 bits per heavy atom. The zero-order chi connectivity index (χ0) is 22.4. The number of esters is 1. The Morgan fingerprint density at radius 2 is 1.91 bits per heavy atom. The Balaban J connectivity index is 1.66. The third-order valence-corrected chi connectivity index (χ3v) is 4.68. The van der Waals surface area contributed by atoms with Crippen molar-refractivity contribution in [2.75, 3.05) is 19.8 Å². The average Bonchev–Trinajstić information content (AvgIpc) is 2.84. The van der Waals surface area contributed by atoms with Gasteiger partial charge in [-0.05, 0) is 49.6 Å². The van der Waals surface area contributed by atoms with Crippen LogP contribution in [0.2, 0.25) is 0 Å². The van der Waals surface area contributed by atoms with Crippen molar-refractivity contribution in [1.29, 1.82) is 0 Å². The van der Waals surface area contributed by atoms with Gasteiger partial charge in [-0.2, -0.15) is 0 Å². The molecule has 3 rings (SSSR count). The third kappa shape index (κ3) is 7.71. The molecule has 1 aliphatic heterocycles. The minimum Gasteiger partial charge on any atom is -0.489 e. The molecule has 1 fully saturated rings. The highest BCUT2D eigenvalue weighted by atomic mass is 16.8. The first-order valence-corrected chi connectivity index (χ1v) is 10.9. The fourth-order valence-electron chi connectivity index (χ4n) is 3.06. The molecule has 168 valence electrons. The van der Waals surface area contributed by atoms with Gasteiger partial charge in [-0.3, -0.25) is 0 Å². The molecule has 1 saturated heterocycles. The van der Waals surface area contributed by atoms with Crippen LogP contribution in [0.3, 0.4) is 0 Å². The summed E-state index contributed by atoms with van der Waals surface area (Å²) in [6, 6.07) is 17.6. The highest BCUT2D eigenvalue weighted by molar-refractivity contribution is 6.41. The number of para-hydroxylation sites is 1. The molecule has 1 aliphatic rings. The molecule has 6 nitrogen and oxygen atoms in total. The predicted molar refractivity (Wildman–Crippen MR) is 125 cm³/mol. The van der Waals surface area contributed by atoms with Crippen molar-refractivity contribution in [2.24, 2.45) is 5.16 Å². The number of ether oxygens (including phenoxy) is 3. The summed E-state index contributed by atoms with van der Waals surface area (Å²) >= 11 is 0. The van der Waals surface area contributed by atoms with Crippen LogP contribution in [-0.2, 0) is 19.1 Å². The van der Waals surface area contributed by atoms with Crippen LogP contribution in [0.25, 0.3) is 12.2 Å². The number of oxime groups is 1. The van der Waals surface area contributed by atoms with Gasteiger partial charge in [0.05, 0.1) is 13.2 Å². The fraction of sp³-hybridized carbons (Fsp3) is 0.308. The number of hydrogen-bond donors (Lipinski definition) is 0. The maximum Gasteiger partial charge on any atom is 0.360 e. The summed E-state index contributed by atoms with van der Waals surface area (Å²) in [4.78, 5) is 17.7. The minimum absolute atomic E-state index is 0.0693. The molecule has 0 aromatic heterocycles. The zero-order valence-corrected chi connectivity index (χ0v) is 18.3. The Bertz CT molecular complexity index is 930. The Hall–Kier alpha value is -3.38. The molecule has 2 aromatic carbocycles. The fourth-order valence-corrected chi connectivity index (χ4v) is 3.06. The lowest BCUT2D eigenvalue weighted by atomic mass is 10.1. The van der Waals surface area contributed by atoms with Crippen molar-refractivity contribution in [2.45, 2.75) is 32.5 Å². The van der Waals surface area contributed by atoms with Gasteiger partial charge in [0.2, 0.25) is 6.29 Å². The van der Waals surface area contributed by atoms with Crippen LogP contribution in [0.4, 0.5) is 0 Å². The molecule has 0 saturated carbocycles. The Morgan fingerprint density at radius 1 is 1.09 bits per heavy atom. The Kier molecular flexibility index (Phi) is 9.55. The SMILES string of the molecule is CCOC(=O)C(/C=C/c1ccccc1OC/C=C/c1ccccc1)=N\OC1CCCCO1. The molecule has 0 amide bonds. The van der Waals surface area contributed by atoms with E-state index in [0.717, 1.165) is 30.4 Å². The Labute approximate surface area is 189 Å². The predicted octanol–water partition coefficient (Wildman–Crippen LogP) is 5.25. The van der Waals surface area contributed by atoms with Gasteiger partial charge in [0.1, 0.15) is 12.4 Å². The maximum atomic E-state index is 12.3. The first-order chi connectivity index (χ1) is 15.8. The van der Waals surface area contributed by atoms with Crippen LogP contribution in [0.5, 0.6) is 5.75 Å². The number of carbonyl (C=O) groups excluding carboxylic acids is 1. The highest BCUT2D eigenvalue weighted by Gasteiger charge is 2.17. The molecule has 6 heteroatoms. The standard InChI is InChI=1S/C26H29NO5/c1-2-29-26(28)23(27-32-25-16-8-9-19-31-25)18-17-22-14-6-7-15-24(22)30-20-10-13-21-11-4-3-5-12-21/h3-7,10-15,17-18,25H,2,8-9,16,19-20H2,1H3/b13-10+,18-17+,27-23-. The van der Waals surface area contributed by atoms with E-state index in [1.807, 2.05) is 66.7 Å². The van der Waals surface area contributed by atoms with E-state index in [4.69, 9.17) is 19.0 Å². The summed E-state index contributed by atoms with van der Waals surface area (Å²) in [7, 11) is 0. The molecule has 2 aromatic rings. The van der Waals surface area contributed by atoms with Crippen LogP contribution in [0.1, 0.15) is 37.3 Å². The summed E-state index contributed by atoms with van der Waals surface area (Å²) in [5, 5.41) is 4.00. The average molecular weight is 436 g/mol. The van der Waals surface area contributed by atoms with Crippen molar-refractivity contribution in [1.82, 2.24) is 0 Å². The summed E-state index contributed by atoms with van der Waals surface area (Å²) in [6.45, 7) is 3.05. The van der Waals surface area contributed by atoms with Gasteiger partial charge in [0.25, 0.3) is 0 Å². The molecule has 0 radical (unpaired) electrons. The molecule has 32 heavy (non-hydrogen) atoms. The normalized spacial score (nSPS) is 16.9. The number of benzene rings is 2. The van der Waals surface area contributed by atoms with Crippen molar-refractivity contribution >= 4 is 23.8 Å². The van der Waals surface area contributed by atoms with Crippen molar-refractivity contribution in [3.63, 3.8) is 0 Å². The molecule has 1 heterocycles. The number of nitrogens with zero attached hydrogens (tertiary/aromatic N) is 1. The third-order valence-electron chi connectivity index (χ3n) is 4.68. The van der Waals surface area contributed by atoms with E-state index in [9.17, 15) is 4.79 Å². The van der Waals surface area contributed by atoms with Gasteiger partial charge in [0.15, 0.2) is 5.71 Å². The van der Waals surface area contributed by atoms with Gasteiger partial charge >= 0.3 is 5.97 Å². The molecule has 0 spiro atoms. The topological polar surface area (TPSA) is 66.4 Å². The zero-order valence-electron chi connectivity index (χ0n) is 18.3. The van der Waals surface area contributed by atoms with E-state index in [-0.39, 0.29) is 12.3 Å². The molecule has 0 aliphatic carbocycles. The maximum absolute atomic E-state index is 12.3. The smallest absolute Gasteiger partial charge is 0.360 e. The van der Waals surface area contributed by atoms with Gasteiger partial charge < -0.3 is 19.0 Å². The van der Waals surface area contributed by atoms with E-state index < -0.39 is 12.3 Å². The van der Waals surface area contributed by atoms with Gasteiger partial charge in [0, 0.05) is 12.0 Å². The molecular weight excluding hydrogens is 406 g/mol. The van der Waals surface area contributed by atoms with E-state index in [0.29, 0.717) is 19.0 Å². The summed E-state index contributed by atoms with van der Waals surface area (Å²) < 4.78 is 16.5. The lowest BCUT2D eigenvalue weighted by Gasteiger charge is -2.20. The second-order valence-corrected chi connectivity index (χ2v) is 7.09. The minimum atomic E-state index is -0.552. The van der Waals surface area contributed by atoms with Crippen LogP contribution in [0, 0.1) is 0 Å². The molecule has 0 bridgehead atoms. The largest absolute Gasteiger partial charge is 0.489 e. The first kappa shape index (κ1) is 23.3. The van der Waals surface area contributed by atoms with Gasteiger partial charge in [-0.1, -0.05) is 59.8 Å². The van der Waals surface area contributed by atoms with E-state index in [1.165, 1.54) is 0 Å². The van der Waals surface area contributed by atoms with Crippen molar-refractivity contribution in [3.8, 4) is 5.75 Å². The van der Waals surface area contributed by atoms with Gasteiger partial charge in [-0.15, -0.1) is 0 Å². The quantitative estimate of drug-likeness (QED) is 0.290. The second-order valence-electron chi connectivity index (χ2n) is 7.09. The van der Waals surface area contributed by atoms with E-state index in [1.54, 1.807) is 19.1 Å². The lowest BCUT2D eigenvalue weighted by Crippen LogP contribution is -2.22. The van der Waals surface area contributed by atoms with Crippen LogP contribution >= 0.6 is 0 Å². The first-order valence-electron chi connectivity index (χ1n) is 10.9. The monoisotopic (exact) mass is 435 g/mol. The van der Waals surface area contributed by atoms with Gasteiger partial charge in [-0.25, -0.2) is 4.79 Å². The molecule has 0 N–H and O–H groups in total. The number of hydrogen-bond acceptors (Lipinski definition) is 6.